The number of carboxylic acids is 3. The third kappa shape index (κ3) is 2.43. The highest BCUT2D eigenvalue weighted by Crippen LogP contribution is 2.22. The van der Waals surface area contributed by atoms with Gasteiger partial charge < -0.3 is 20.4 Å². The molecule has 0 bridgehead atoms. The maximum absolute atomic E-state index is 10.7. The fraction of sp³-hybridized carbons (Fsp3) is 0.571. The molecule has 7 nitrogen and oxygen atoms in total. The molecule has 0 heterocycles. The topological polar surface area (TPSA) is 132 Å². The molecular formula is C7H10O7. The van der Waals surface area contributed by atoms with Crippen LogP contribution in [0.4, 0.5) is 0 Å². The molecule has 0 amide bonds. The van der Waals surface area contributed by atoms with Crippen molar-refractivity contribution in [2.75, 3.05) is 0 Å². The molecule has 0 spiro atoms. The van der Waals surface area contributed by atoms with E-state index in [0.29, 0.717) is 0 Å². The molecule has 14 heavy (non-hydrogen) atoms. The molecular weight excluding hydrogens is 196 g/mol. The molecule has 0 radical (unpaired) electrons. The molecule has 0 aromatic rings. The summed E-state index contributed by atoms with van der Waals surface area (Å²) < 4.78 is 20.5. The van der Waals surface area contributed by atoms with Crippen molar-refractivity contribution in [2.24, 2.45) is 5.92 Å². The van der Waals surface area contributed by atoms with Crippen molar-refractivity contribution in [1.82, 2.24) is 0 Å². The first kappa shape index (κ1) is 7.74. The Balaban J connectivity index is 5.63. The first-order chi connectivity index (χ1) is 7.43. The number of aliphatic hydroxyl groups is 1. The Morgan fingerprint density at radius 1 is 1.36 bits per heavy atom. The molecule has 0 fully saturated rings. The van der Waals surface area contributed by atoms with Gasteiger partial charge in [-0.25, -0.2) is 4.79 Å². The van der Waals surface area contributed by atoms with Gasteiger partial charge in [0.15, 0.2) is 5.60 Å². The minimum atomic E-state index is -3.40. The quantitative estimate of drug-likeness (QED) is 0.456. The maximum Gasteiger partial charge on any atom is 0.337 e. The first-order valence-corrected chi connectivity index (χ1v) is 3.33. The average molecular weight is 209 g/mol. The summed E-state index contributed by atoms with van der Waals surface area (Å²) in [6.07, 6.45) is -1.53. The summed E-state index contributed by atoms with van der Waals surface area (Å²) in [5, 5.41) is 35.2. The van der Waals surface area contributed by atoms with E-state index in [1.54, 1.807) is 0 Å². The molecule has 2 atom stereocenters. The highest BCUT2D eigenvalue weighted by Gasteiger charge is 2.47. The van der Waals surface area contributed by atoms with E-state index in [2.05, 4.69) is 0 Å². The summed E-state index contributed by atoms with van der Waals surface area (Å²) in [5.41, 5.74) is -3.40. The van der Waals surface area contributed by atoms with Crippen molar-refractivity contribution >= 4 is 17.9 Å². The van der Waals surface area contributed by atoms with Gasteiger partial charge in [0, 0.05) is 4.11 Å². The van der Waals surface area contributed by atoms with Crippen LogP contribution in [-0.4, -0.2) is 43.9 Å². The zero-order valence-corrected chi connectivity index (χ0v) is 6.80. The molecule has 2 unspecified atom stereocenters. The van der Waals surface area contributed by atoms with E-state index in [-0.39, 0.29) is 0 Å². The summed E-state index contributed by atoms with van der Waals surface area (Å²) in [6.45, 7) is -3.35. The first-order valence-electron chi connectivity index (χ1n) is 4.83. The molecule has 7 heteroatoms. The van der Waals surface area contributed by atoms with E-state index in [9.17, 15) is 19.5 Å². The second kappa shape index (κ2) is 4.05. The number of aliphatic carboxylic acids is 3. The number of rotatable bonds is 5. The average Bonchev–Trinajstić information content (AvgIpc) is 1.96. The second-order valence-corrected chi connectivity index (χ2v) is 2.57. The van der Waals surface area contributed by atoms with Gasteiger partial charge in [0.1, 0.15) is 0 Å². The predicted octanol–water partition coefficient (Wildman–Crippen LogP) is -1.00. The predicted molar refractivity (Wildman–Crippen MR) is 41.6 cm³/mol. The number of carbonyl (C=O) groups is 3. The van der Waals surface area contributed by atoms with Gasteiger partial charge in [-0.3, -0.25) is 9.59 Å². The standard InChI is InChI=1S/C7H10O7/c1-3(5(10)11)7(14,6(12)13)2-4(8)9/h3,14H,2H2,1H3,(H,8,9)(H,10,11)(H,12,13)/i1D3. The Kier molecular flexibility index (Phi) is 2.24. The van der Waals surface area contributed by atoms with Crippen LogP contribution in [0.25, 0.3) is 0 Å². The summed E-state index contributed by atoms with van der Waals surface area (Å²) in [5.74, 6) is -8.89. The van der Waals surface area contributed by atoms with Crippen LogP contribution in [0.1, 0.15) is 17.4 Å². The van der Waals surface area contributed by atoms with Gasteiger partial charge in [0.05, 0.1) is 12.3 Å². The highest BCUT2D eigenvalue weighted by molar-refractivity contribution is 5.89. The molecule has 0 aliphatic heterocycles. The van der Waals surface area contributed by atoms with E-state index >= 15 is 0 Å². The summed E-state index contributed by atoms with van der Waals surface area (Å²) in [4.78, 5) is 31.8. The van der Waals surface area contributed by atoms with Crippen molar-refractivity contribution in [1.29, 1.82) is 0 Å². The van der Waals surface area contributed by atoms with Gasteiger partial charge in [-0.1, -0.05) is 0 Å². The van der Waals surface area contributed by atoms with Gasteiger partial charge >= 0.3 is 17.9 Å². The van der Waals surface area contributed by atoms with Crippen molar-refractivity contribution in [3.63, 3.8) is 0 Å². The molecule has 4 N–H and O–H groups in total. The van der Waals surface area contributed by atoms with Gasteiger partial charge in [-0.15, -0.1) is 0 Å². The zero-order valence-electron chi connectivity index (χ0n) is 9.80. The van der Waals surface area contributed by atoms with Gasteiger partial charge in [0.2, 0.25) is 0 Å². The highest BCUT2D eigenvalue weighted by atomic mass is 16.4. The van der Waals surface area contributed by atoms with E-state index in [1.165, 1.54) is 0 Å². The van der Waals surface area contributed by atoms with Crippen LogP contribution in [0, 0.1) is 5.92 Å². The van der Waals surface area contributed by atoms with Crippen LogP contribution in [0.2, 0.25) is 0 Å². The van der Waals surface area contributed by atoms with Gasteiger partial charge in [-0.05, 0) is 6.85 Å². The lowest BCUT2D eigenvalue weighted by Gasteiger charge is -2.25. The molecule has 0 aliphatic carbocycles. The van der Waals surface area contributed by atoms with Crippen LogP contribution >= 0.6 is 0 Å². The number of hydrogen-bond donors (Lipinski definition) is 4. The smallest absolute Gasteiger partial charge is 0.337 e. The van der Waals surface area contributed by atoms with Crippen LogP contribution in [0.15, 0.2) is 0 Å². The van der Waals surface area contributed by atoms with E-state index in [4.69, 9.17) is 19.4 Å². The Labute approximate surface area is 82.8 Å². The molecule has 0 aromatic carbocycles. The maximum atomic E-state index is 10.7. The molecule has 0 saturated heterocycles. The largest absolute Gasteiger partial charge is 0.481 e. The summed E-state index contributed by atoms with van der Waals surface area (Å²) >= 11 is 0. The number of hydrogen-bond acceptors (Lipinski definition) is 4. The van der Waals surface area contributed by atoms with Gasteiger partial charge in [-0.2, -0.15) is 0 Å². The second-order valence-electron chi connectivity index (χ2n) is 2.57. The van der Waals surface area contributed by atoms with Crippen molar-refractivity contribution in [3.05, 3.63) is 0 Å². The normalized spacial score (nSPS) is 20.8. The van der Waals surface area contributed by atoms with E-state index in [1.807, 2.05) is 0 Å². The van der Waals surface area contributed by atoms with Gasteiger partial charge in [0.25, 0.3) is 0 Å². The molecule has 0 rings (SSSR count). The van der Waals surface area contributed by atoms with E-state index < -0.39 is 42.7 Å². The Morgan fingerprint density at radius 2 is 1.86 bits per heavy atom. The summed E-state index contributed by atoms with van der Waals surface area (Å²) in [6, 6.07) is 0. The van der Waals surface area contributed by atoms with E-state index in [0.717, 1.165) is 0 Å². The Hall–Kier alpha value is -1.63. The van der Waals surface area contributed by atoms with Crippen LogP contribution < -0.4 is 0 Å². The van der Waals surface area contributed by atoms with Crippen molar-refractivity contribution in [3.8, 4) is 0 Å². The number of carboxylic acid groups (broad SMARTS) is 3. The fourth-order valence-corrected chi connectivity index (χ4v) is 0.736. The van der Waals surface area contributed by atoms with Crippen LogP contribution in [0.5, 0.6) is 0 Å². The molecule has 80 valence electrons. The third-order valence-corrected chi connectivity index (χ3v) is 1.52. The SMILES string of the molecule is [2H]C([2H])([2H])C(C(=O)O)C(O)(CC(=O)O)C(=O)O. The molecule has 0 saturated carbocycles. The minimum absolute atomic E-state index is 1.53. The van der Waals surface area contributed by atoms with Crippen molar-refractivity contribution < 1.29 is 38.9 Å². The lowest BCUT2D eigenvalue weighted by molar-refractivity contribution is -0.177. The monoisotopic (exact) mass is 209 g/mol. The lowest BCUT2D eigenvalue weighted by Crippen LogP contribution is -2.49. The Bertz CT molecular complexity index is 350. The lowest BCUT2D eigenvalue weighted by atomic mass is 9.86. The van der Waals surface area contributed by atoms with Crippen LogP contribution in [0.3, 0.4) is 0 Å². The minimum Gasteiger partial charge on any atom is -0.481 e. The molecule has 0 aromatic heterocycles. The van der Waals surface area contributed by atoms with Crippen LogP contribution in [-0.2, 0) is 14.4 Å². The fourth-order valence-electron chi connectivity index (χ4n) is 0.736. The third-order valence-electron chi connectivity index (χ3n) is 1.52. The zero-order chi connectivity index (χ0) is 14.0. The molecule has 0 aliphatic rings. The Morgan fingerprint density at radius 3 is 2.07 bits per heavy atom. The summed E-state index contributed by atoms with van der Waals surface area (Å²) in [7, 11) is 0. The van der Waals surface area contributed by atoms with Crippen molar-refractivity contribution in [2.45, 2.75) is 18.9 Å².